The number of hydrogen-bond acceptors (Lipinski definition) is 4. The molecule has 0 aliphatic heterocycles. The molecule has 0 saturated carbocycles. The monoisotopic (exact) mass is 230 g/mol. The first-order chi connectivity index (χ1) is 8.24. The van der Waals surface area contributed by atoms with Crippen molar-refractivity contribution in [3.05, 3.63) is 40.2 Å². The van der Waals surface area contributed by atoms with E-state index in [1.54, 1.807) is 18.2 Å². The molecule has 0 aliphatic rings. The maximum Gasteiger partial charge on any atom is 0.193 e. The quantitative estimate of drug-likeness (QED) is 0.807. The Kier molecular flexibility index (Phi) is 3.12. The van der Waals surface area contributed by atoms with Crippen molar-refractivity contribution in [2.75, 3.05) is 6.61 Å². The molecule has 0 bridgehead atoms. The molecule has 2 rings (SSSR count). The van der Waals surface area contributed by atoms with Gasteiger partial charge in [0.25, 0.3) is 0 Å². The molecule has 1 N–H and O–H groups in total. The lowest BCUT2D eigenvalue weighted by atomic mass is 10.2. The van der Waals surface area contributed by atoms with Crippen LogP contribution in [0.1, 0.15) is 5.76 Å². The van der Waals surface area contributed by atoms with Crippen molar-refractivity contribution in [3.63, 3.8) is 0 Å². The van der Waals surface area contributed by atoms with Crippen LogP contribution in [0.5, 0.6) is 5.75 Å². The minimum absolute atomic E-state index is 0.148. The number of ether oxygens (including phenoxy) is 1. The molecule has 0 radical (unpaired) electrons. The number of aliphatic hydroxyl groups excluding tert-OH is 1. The van der Waals surface area contributed by atoms with Crippen LogP contribution < -0.4 is 10.2 Å². The van der Waals surface area contributed by atoms with Gasteiger partial charge in [0.05, 0.1) is 5.39 Å². The number of terminal acetylenes is 1. The van der Waals surface area contributed by atoms with E-state index < -0.39 is 0 Å². The molecule has 0 fully saturated rings. The Hall–Kier alpha value is -2.25. The standard InChI is InChI=1S/C13H10O4/c1-2-5-16-9-3-4-11-12(15)6-10(8-14)17-13(11)7-9/h1,3-4,6-7,14H,5,8H2. The first-order valence-electron chi connectivity index (χ1n) is 4.98. The molecular weight excluding hydrogens is 220 g/mol. The highest BCUT2D eigenvalue weighted by molar-refractivity contribution is 5.77. The van der Waals surface area contributed by atoms with E-state index in [9.17, 15) is 4.79 Å². The smallest absolute Gasteiger partial charge is 0.193 e. The number of benzene rings is 1. The Labute approximate surface area is 97.4 Å². The molecule has 0 unspecified atom stereocenters. The van der Waals surface area contributed by atoms with E-state index in [4.69, 9.17) is 20.7 Å². The van der Waals surface area contributed by atoms with E-state index in [0.29, 0.717) is 16.7 Å². The van der Waals surface area contributed by atoms with Gasteiger partial charge in [-0.15, -0.1) is 6.42 Å². The average Bonchev–Trinajstić information content (AvgIpc) is 2.35. The van der Waals surface area contributed by atoms with Crippen LogP contribution in [0.15, 0.2) is 33.5 Å². The summed E-state index contributed by atoms with van der Waals surface area (Å²) >= 11 is 0. The molecule has 1 aromatic heterocycles. The third-order valence-electron chi connectivity index (χ3n) is 2.23. The highest BCUT2D eigenvalue weighted by Gasteiger charge is 2.05. The molecule has 4 nitrogen and oxygen atoms in total. The molecule has 0 saturated heterocycles. The van der Waals surface area contributed by atoms with Crippen molar-refractivity contribution in [2.45, 2.75) is 6.61 Å². The Bertz CT molecular complexity index is 634. The summed E-state index contributed by atoms with van der Waals surface area (Å²) < 4.78 is 10.5. The van der Waals surface area contributed by atoms with Gasteiger partial charge in [-0.3, -0.25) is 4.79 Å². The summed E-state index contributed by atoms with van der Waals surface area (Å²) in [4.78, 5) is 11.6. The Morgan fingerprint density at radius 2 is 2.24 bits per heavy atom. The highest BCUT2D eigenvalue weighted by Crippen LogP contribution is 2.19. The largest absolute Gasteiger partial charge is 0.481 e. The van der Waals surface area contributed by atoms with Crippen molar-refractivity contribution in [3.8, 4) is 18.1 Å². The lowest BCUT2D eigenvalue weighted by molar-refractivity contribution is 0.248. The van der Waals surface area contributed by atoms with Crippen molar-refractivity contribution < 1.29 is 14.3 Å². The van der Waals surface area contributed by atoms with Crippen LogP contribution in [0.4, 0.5) is 0 Å². The van der Waals surface area contributed by atoms with Gasteiger partial charge in [0.1, 0.15) is 30.3 Å². The summed E-state index contributed by atoms with van der Waals surface area (Å²) in [5.41, 5.74) is 0.176. The van der Waals surface area contributed by atoms with Crippen LogP contribution in [-0.2, 0) is 6.61 Å². The molecule has 0 amide bonds. The van der Waals surface area contributed by atoms with Crippen LogP contribution in [0, 0.1) is 12.3 Å². The molecule has 0 aliphatic carbocycles. The summed E-state index contributed by atoms with van der Waals surface area (Å²) in [5.74, 6) is 3.08. The summed E-state index contributed by atoms with van der Waals surface area (Å²) in [6, 6.07) is 6.10. The van der Waals surface area contributed by atoms with Gasteiger partial charge in [0.15, 0.2) is 5.43 Å². The fraction of sp³-hybridized carbons (Fsp3) is 0.154. The second-order valence-corrected chi connectivity index (χ2v) is 3.39. The number of aliphatic hydroxyl groups is 1. The van der Waals surface area contributed by atoms with Gasteiger partial charge in [-0.05, 0) is 12.1 Å². The molecule has 0 spiro atoms. The first kappa shape index (κ1) is 11.2. The van der Waals surface area contributed by atoms with Crippen LogP contribution >= 0.6 is 0 Å². The van der Waals surface area contributed by atoms with Crippen molar-refractivity contribution in [1.82, 2.24) is 0 Å². The van der Waals surface area contributed by atoms with Gasteiger partial charge in [-0.1, -0.05) is 5.92 Å². The van der Waals surface area contributed by atoms with Gasteiger partial charge < -0.3 is 14.3 Å². The molecule has 17 heavy (non-hydrogen) atoms. The van der Waals surface area contributed by atoms with Crippen LogP contribution in [0.2, 0.25) is 0 Å². The Balaban J connectivity index is 2.52. The van der Waals surface area contributed by atoms with Crippen LogP contribution in [0.25, 0.3) is 11.0 Å². The Morgan fingerprint density at radius 3 is 2.94 bits per heavy atom. The predicted molar refractivity (Wildman–Crippen MR) is 62.7 cm³/mol. The lowest BCUT2D eigenvalue weighted by Crippen LogP contribution is -2.02. The fourth-order valence-corrected chi connectivity index (χ4v) is 1.48. The molecule has 1 aromatic carbocycles. The first-order valence-corrected chi connectivity index (χ1v) is 4.98. The number of rotatable bonds is 3. The van der Waals surface area contributed by atoms with Gasteiger partial charge in [0, 0.05) is 12.1 Å². The van der Waals surface area contributed by atoms with Gasteiger partial charge >= 0.3 is 0 Å². The fourth-order valence-electron chi connectivity index (χ4n) is 1.48. The summed E-state index contributed by atoms with van der Waals surface area (Å²) in [7, 11) is 0. The third kappa shape index (κ3) is 2.30. The maximum atomic E-state index is 11.6. The van der Waals surface area contributed by atoms with Crippen LogP contribution in [0.3, 0.4) is 0 Å². The van der Waals surface area contributed by atoms with E-state index in [2.05, 4.69) is 5.92 Å². The zero-order chi connectivity index (χ0) is 12.3. The van der Waals surface area contributed by atoms with Crippen molar-refractivity contribution in [1.29, 1.82) is 0 Å². The van der Waals surface area contributed by atoms with E-state index >= 15 is 0 Å². The SMILES string of the molecule is C#CCOc1ccc2c(=O)cc(CO)oc2c1. The maximum absolute atomic E-state index is 11.6. The molecular formula is C13H10O4. The van der Waals surface area contributed by atoms with Gasteiger partial charge in [-0.25, -0.2) is 0 Å². The van der Waals surface area contributed by atoms with E-state index in [0.717, 1.165) is 0 Å². The second kappa shape index (κ2) is 4.73. The minimum Gasteiger partial charge on any atom is -0.481 e. The zero-order valence-corrected chi connectivity index (χ0v) is 8.97. The van der Waals surface area contributed by atoms with Gasteiger partial charge in [0.2, 0.25) is 0 Å². The number of hydrogen-bond donors (Lipinski definition) is 1. The number of fused-ring (bicyclic) bond motifs is 1. The molecule has 86 valence electrons. The highest BCUT2D eigenvalue weighted by atomic mass is 16.5. The summed E-state index contributed by atoms with van der Waals surface area (Å²) in [6.07, 6.45) is 5.08. The normalized spacial score (nSPS) is 10.1. The molecule has 4 heteroatoms. The molecule has 1 heterocycles. The van der Waals surface area contributed by atoms with E-state index in [1.165, 1.54) is 6.07 Å². The Morgan fingerprint density at radius 1 is 1.41 bits per heavy atom. The lowest BCUT2D eigenvalue weighted by Gasteiger charge is -2.04. The second-order valence-electron chi connectivity index (χ2n) is 3.39. The third-order valence-corrected chi connectivity index (χ3v) is 2.23. The molecule has 0 atom stereocenters. The van der Waals surface area contributed by atoms with Crippen molar-refractivity contribution >= 4 is 11.0 Å². The van der Waals surface area contributed by atoms with Crippen LogP contribution in [-0.4, -0.2) is 11.7 Å². The topological polar surface area (TPSA) is 59.7 Å². The predicted octanol–water partition coefficient (Wildman–Crippen LogP) is 1.30. The zero-order valence-electron chi connectivity index (χ0n) is 8.97. The average molecular weight is 230 g/mol. The van der Waals surface area contributed by atoms with Crippen molar-refractivity contribution in [2.24, 2.45) is 0 Å². The summed E-state index contributed by atoms with van der Waals surface area (Å²) in [6.45, 7) is -0.171. The van der Waals surface area contributed by atoms with E-state index in [-0.39, 0.29) is 24.4 Å². The summed E-state index contributed by atoms with van der Waals surface area (Å²) in [5, 5.41) is 9.38. The molecule has 2 aromatic rings. The van der Waals surface area contributed by atoms with Gasteiger partial charge in [-0.2, -0.15) is 0 Å². The minimum atomic E-state index is -0.319. The van der Waals surface area contributed by atoms with E-state index in [1.807, 2.05) is 0 Å².